The summed E-state index contributed by atoms with van der Waals surface area (Å²) in [5, 5.41) is 10.2. The molecule has 0 aliphatic carbocycles. The molecule has 1 heterocycles. The van der Waals surface area contributed by atoms with Crippen molar-refractivity contribution >= 4 is 5.69 Å². The maximum absolute atomic E-state index is 4.05. The van der Waals surface area contributed by atoms with Crippen molar-refractivity contribution in [3.63, 3.8) is 0 Å². The number of aryl methyl sites for hydroxylation is 2. The Bertz CT molecular complexity index is 195. The zero-order chi connectivity index (χ0) is 7.56. The third-order valence-electron chi connectivity index (χ3n) is 1.48. The highest BCUT2D eigenvalue weighted by Gasteiger charge is 2.02. The van der Waals surface area contributed by atoms with Gasteiger partial charge in [0.15, 0.2) is 0 Å². The minimum atomic E-state index is 0.946. The number of aromatic nitrogens is 2. The molecule has 0 aliphatic heterocycles. The number of aromatic amines is 1. The maximum atomic E-state index is 4.05. The average Bonchev–Trinajstić information content (AvgIpc) is 2.20. The topological polar surface area (TPSA) is 40.7 Å². The fraction of sp³-hybridized carbons (Fsp3) is 0.571. The van der Waals surface area contributed by atoms with Crippen LogP contribution < -0.4 is 5.32 Å². The first-order valence-electron chi connectivity index (χ1n) is 3.51. The number of nitrogens with zero attached hydrogens (tertiary/aromatic N) is 1. The lowest BCUT2D eigenvalue weighted by molar-refractivity contribution is 1.02. The summed E-state index contributed by atoms with van der Waals surface area (Å²) in [5.74, 6) is 0. The fourth-order valence-corrected chi connectivity index (χ4v) is 0.988. The van der Waals surface area contributed by atoms with Crippen molar-refractivity contribution in [1.82, 2.24) is 10.2 Å². The molecule has 56 valence electrons. The summed E-state index contributed by atoms with van der Waals surface area (Å²) in [4.78, 5) is 0. The second kappa shape index (κ2) is 2.73. The molecule has 0 bridgehead atoms. The van der Waals surface area contributed by atoms with Crippen molar-refractivity contribution < 1.29 is 0 Å². The molecule has 1 rings (SSSR count). The minimum absolute atomic E-state index is 0.946. The van der Waals surface area contributed by atoms with E-state index in [0.717, 1.165) is 23.6 Å². The van der Waals surface area contributed by atoms with Gasteiger partial charge in [-0.25, -0.2) is 0 Å². The van der Waals surface area contributed by atoms with Gasteiger partial charge in [-0.1, -0.05) is 0 Å². The van der Waals surface area contributed by atoms with E-state index in [1.807, 2.05) is 13.8 Å². The van der Waals surface area contributed by atoms with Crippen LogP contribution in [0.5, 0.6) is 0 Å². The predicted octanol–water partition coefficient (Wildman–Crippen LogP) is 1.46. The first kappa shape index (κ1) is 7.12. The van der Waals surface area contributed by atoms with Gasteiger partial charge in [0.2, 0.25) is 0 Å². The van der Waals surface area contributed by atoms with E-state index in [4.69, 9.17) is 0 Å². The second-order valence-corrected chi connectivity index (χ2v) is 2.34. The van der Waals surface area contributed by atoms with Crippen molar-refractivity contribution in [1.29, 1.82) is 0 Å². The van der Waals surface area contributed by atoms with Crippen LogP contribution in [0.4, 0.5) is 5.69 Å². The summed E-state index contributed by atoms with van der Waals surface area (Å²) >= 11 is 0. The molecule has 0 atom stereocenters. The fourth-order valence-electron chi connectivity index (χ4n) is 0.988. The number of nitrogens with one attached hydrogen (secondary N) is 2. The van der Waals surface area contributed by atoms with Crippen LogP contribution in [-0.4, -0.2) is 16.7 Å². The number of hydrogen-bond donors (Lipinski definition) is 2. The number of anilines is 1. The SMILES string of the molecule is CCNc1c(C)n[nH]c1C. The predicted molar refractivity (Wildman–Crippen MR) is 42.2 cm³/mol. The summed E-state index contributed by atoms with van der Waals surface area (Å²) in [6, 6.07) is 0. The van der Waals surface area contributed by atoms with Gasteiger partial charge in [-0.05, 0) is 20.8 Å². The van der Waals surface area contributed by atoms with E-state index in [1.54, 1.807) is 0 Å². The van der Waals surface area contributed by atoms with Crippen molar-refractivity contribution in [2.24, 2.45) is 0 Å². The van der Waals surface area contributed by atoms with Crippen molar-refractivity contribution in [3.8, 4) is 0 Å². The van der Waals surface area contributed by atoms with Crippen LogP contribution in [0, 0.1) is 13.8 Å². The molecule has 10 heavy (non-hydrogen) atoms. The lowest BCUT2D eigenvalue weighted by Gasteiger charge is -2.00. The van der Waals surface area contributed by atoms with Gasteiger partial charge >= 0.3 is 0 Å². The van der Waals surface area contributed by atoms with Crippen molar-refractivity contribution in [2.75, 3.05) is 11.9 Å². The molecular weight excluding hydrogens is 126 g/mol. The monoisotopic (exact) mass is 139 g/mol. The molecule has 0 amide bonds. The molecule has 0 spiro atoms. The lowest BCUT2D eigenvalue weighted by atomic mass is 10.3. The Balaban J connectivity index is 2.87. The van der Waals surface area contributed by atoms with Crippen LogP contribution in [0.3, 0.4) is 0 Å². The Morgan fingerprint density at radius 1 is 1.50 bits per heavy atom. The summed E-state index contributed by atoms with van der Waals surface area (Å²) in [5.41, 5.74) is 3.29. The van der Waals surface area contributed by atoms with Gasteiger partial charge in [0.1, 0.15) is 0 Å². The zero-order valence-corrected chi connectivity index (χ0v) is 6.65. The van der Waals surface area contributed by atoms with E-state index in [-0.39, 0.29) is 0 Å². The third kappa shape index (κ3) is 1.12. The van der Waals surface area contributed by atoms with Gasteiger partial charge < -0.3 is 5.32 Å². The van der Waals surface area contributed by atoms with Crippen LogP contribution in [-0.2, 0) is 0 Å². The molecule has 1 aromatic rings. The van der Waals surface area contributed by atoms with E-state index < -0.39 is 0 Å². The van der Waals surface area contributed by atoms with Crippen LogP contribution >= 0.6 is 0 Å². The number of H-pyrrole nitrogens is 1. The molecule has 0 saturated carbocycles. The summed E-state index contributed by atoms with van der Waals surface area (Å²) in [6.45, 7) is 7.02. The van der Waals surface area contributed by atoms with Crippen LogP contribution in [0.15, 0.2) is 0 Å². The van der Waals surface area contributed by atoms with Crippen LogP contribution in [0.2, 0.25) is 0 Å². The highest BCUT2D eigenvalue weighted by Crippen LogP contribution is 2.14. The molecule has 0 unspecified atom stereocenters. The van der Waals surface area contributed by atoms with Gasteiger partial charge in [0, 0.05) is 6.54 Å². The smallest absolute Gasteiger partial charge is 0.0825 e. The minimum Gasteiger partial charge on any atom is -0.382 e. The first-order chi connectivity index (χ1) is 4.75. The van der Waals surface area contributed by atoms with Crippen molar-refractivity contribution in [3.05, 3.63) is 11.4 Å². The molecule has 0 aliphatic rings. The molecule has 2 N–H and O–H groups in total. The molecule has 0 saturated heterocycles. The number of rotatable bonds is 2. The maximum Gasteiger partial charge on any atom is 0.0825 e. The average molecular weight is 139 g/mol. The van der Waals surface area contributed by atoms with Crippen molar-refractivity contribution in [2.45, 2.75) is 20.8 Å². The van der Waals surface area contributed by atoms with Crippen LogP contribution in [0.25, 0.3) is 0 Å². The van der Waals surface area contributed by atoms with Gasteiger partial charge in [-0.2, -0.15) is 5.10 Å². The molecular formula is C7H13N3. The Kier molecular flexibility index (Phi) is 1.94. The van der Waals surface area contributed by atoms with E-state index in [0.29, 0.717) is 0 Å². The van der Waals surface area contributed by atoms with E-state index in [2.05, 4.69) is 22.4 Å². The molecule has 3 nitrogen and oxygen atoms in total. The lowest BCUT2D eigenvalue weighted by Crippen LogP contribution is -1.97. The summed E-state index contributed by atoms with van der Waals surface area (Å²) < 4.78 is 0. The normalized spacial score (nSPS) is 9.90. The molecule has 0 aromatic carbocycles. The first-order valence-corrected chi connectivity index (χ1v) is 3.51. The quantitative estimate of drug-likeness (QED) is 0.651. The molecule has 3 heteroatoms. The third-order valence-corrected chi connectivity index (χ3v) is 1.48. The van der Waals surface area contributed by atoms with E-state index in [9.17, 15) is 0 Å². The molecule has 0 fully saturated rings. The highest BCUT2D eigenvalue weighted by atomic mass is 15.1. The molecule has 1 aromatic heterocycles. The second-order valence-electron chi connectivity index (χ2n) is 2.34. The zero-order valence-electron chi connectivity index (χ0n) is 6.65. The summed E-state index contributed by atoms with van der Waals surface area (Å²) in [6.07, 6.45) is 0. The van der Waals surface area contributed by atoms with Gasteiger partial charge in [-0.3, -0.25) is 5.10 Å². The van der Waals surface area contributed by atoms with Crippen LogP contribution in [0.1, 0.15) is 18.3 Å². The van der Waals surface area contributed by atoms with Gasteiger partial charge in [0.05, 0.1) is 17.1 Å². The Morgan fingerprint density at radius 3 is 2.60 bits per heavy atom. The van der Waals surface area contributed by atoms with E-state index in [1.165, 1.54) is 0 Å². The largest absolute Gasteiger partial charge is 0.382 e. The Hall–Kier alpha value is -0.990. The Morgan fingerprint density at radius 2 is 2.20 bits per heavy atom. The summed E-state index contributed by atoms with van der Waals surface area (Å²) in [7, 11) is 0. The van der Waals surface area contributed by atoms with Gasteiger partial charge in [0.25, 0.3) is 0 Å². The molecule has 0 radical (unpaired) electrons. The standard InChI is InChI=1S/C7H13N3/c1-4-8-7-5(2)9-10-6(7)3/h8H,4H2,1-3H3,(H,9,10). The highest BCUT2D eigenvalue weighted by molar-refractivity contribution is 5.51. The van der Waals surface area contributed by atoms with Gasteiger partial charge in [-0.15, -0.1) is 0 Å². The Labute approximate surface area is 60.8 Å². The van der Waals surface area contributed by atoms with E-state index >= 15 is 0 Å². The number of hydrogen-bond acceptors (Lipinski definition) is 2.